The monoisotopic (exact) mass is 270 g/mol. The molecule has 18 heavy (non-hydrogen) atoms. The van der Waals surface area contributed by atoms with Crippen LogP contribution in [0, 0.1) is 5.41 Å². The Morgan fingerprint density at radius 3 is 2.56 bits per heavy atom. The zero-order chi connectivity index (χ0) is 13.2. The molecule has 0 amide bonds. The van der Waals surface area contributed by atoms with Crippen LogP contribution < -0.4 is 5.32 Å². The van der Waals surface area contributed by atoms with Crippen molar-refractivity contribution in [1.29, 1.82) is 0 Å². The van der Waals surface area contributed by atoms with Gasteiger partial charge in [-0.1, -0.05) is 33.6 Å². The lowest BCUT2D eigenvalue weighted by Crippen LogP contribution is -2.60. The molecule has 1 aliphatic carbocycles. The van der Waals surface area contributed by atoms with E-state index < -0.39 is 0 Å². The lowest BCUT2D eigenvalue weighted by atomic mass is 9.84. The van der Waals surface area contributed by atoms with Gasteiger partial charge in [-0.05, 0) is 24.5 Å². The van der Waals surface area contributed by atoms with Crippen molar-refractivity contribution in [3.05, 3.63) is 0 Å². The van der Waals surface area contributed by atoms with E-state index in [1.54, 1.807) is 0 Å². The molecule has 3 atom stereocenters. The fourth-order valence-corrected chi connectivity index (χ4v) is 4.45. The molecule has 2 rings (SSSR count). The van der Waals surface area contributed by atoms with E-state index in [-0.39, 0.29) is 0 Å². The minimum absolute atomic E-state index is 0.377. The number of hydrogen-bond acceptors (Lipinski definition) is 3. The zero-order valence-corrected chi connectivity index (χ0v) is 13.4. The van der Waals surface area contributed by atoms with E-state index in [1.807, 2.05) is 0 Å². The van der Waals surface area contributed by atoms with Gasteiger partial charge in [0.05, 0.1) is 0 Å². The molecule has 0 aromatic rings. The summed E-state index contributed by atoms with van der Waals surface area (Å²) in [5.41, 5.74) is 0.377. The van der Waals surface area contributed by atoms with Crippen LogP contribution in [0.15, 0.2) is 0 Å². The Balaban J connectivity index is 1.99. The fraction of sp³-hybridized carbons (Fsp3) is 1.00. The van der Waals surface area contributed by atoms with Crippen molar-refractivity contribution in [2.45, 2.75) is 63.8 Å². The molecule has 1 heterocycles. The number of hydrogen-bond donors (Lipinski definition) is 1. The van der Waals surface area contributed by atoms with Crippen molar-refractivity contribution in [3.8, 4) is 0 Å². The molecule has 106 valence electrons. The predicted octanol–water partition coefficient (Wildman–Crippen LogP) is 2.98. The molecule has 3 unspecified atom stereocenters. The van der Waals surface area contributed by atoms with Crippen molar-refractivity contribution in [2.24, 2.45) is 5.41 Å². The first-order valence-electron chi connectivity index (χ1n) is 7.52. The van der Waals surface area contributed by atoms with Crippen LogP contribution in [-0.2, 0) is 0 Å². The molecule has 0 aromatic heterocycles. The zero-order valence-electron chi connectivity index (χ0n) is 12.5. The lowest BCUT2D eigenvalue weighted by Gasteiger charge is -2.46. The summed E-state index contributed by atoms with van der Waals surface area (Å²) in [6.45, 7) is 10.7. The number of thioether (sulfide) groups is 1. The number of nitrogens with one attached hydrogen (secondary N) is 1. The summed E-state index contributed by atoms with van der Waals surface area (Å²) < 4.78 is 0. The van der Waals surface area contributed by atoms with Gasteiger partial charge in [-0.2, -0.15) is 11.8 Å². The summed E-state index contributed by atoms with van der Waals surface area (Å²) in [5.74, 6) is 0. The van der Waals surface area contributed by atoms with Crippen LogP contribution in [0.1, 0.15) is 46.5 Å². The van der Waals surface area contributed by atoms with E-state index in [1.165, 1.54) is 45.3 Å². The van der Waals surface area contributed by atoms with Crippen molar-refractivity contribution < 1.29 is 0 Å². The first kappa shape index (κ1) is 14.7. The van der Waals surface area contributed by atoms with Gasteiger partial charge in [-0.15, -0.1) is 0 Å². The summed E-state index contributed by atoms with van der Waals surface area (Å²) >= 11 is 2.09. The molecular formula is C15H30N2S. The summed E-state index contributed by atoms with van der Waals surface area (Å²) in [4.78, 5) is 2.78. The third kappa shape index (κ3) is 3.43. The highest BCUT2D eigenvalue weighted by molar-refractivity contribution is 7.99. The smallest absolute Gasteiger partial charge is 0.0244 e. The number of nitrogens with zero attached hydrogens (tertiary/aromatic N) is 1. The average Bonchev–Trinajstić information content (AvgIpc) is 2.38. The molecule has 0 spiro atoms. The third-order valence-electron chi connectivity index (χ3n) is 4.69. The van der Waals surface area contributed by atoms with Crippen LogP contribution in [0.4, 0.5) is 0 Å². The highest BCUT2D eigenvalue weighted by Gasteiger charge is 2.35. The van der Waals surface area contributed by atoms with Gasteiger partial charge < -0.3 is 5.32 Å². The normalized spacial score (nSPS) is 35.7. The average molecular weight is 270 g/mol. The van der Waals surface area contributed by atoms with E-state index in [9.17, 15) is 0 Å². The summed E-state index contributed by atoms with van der Waals surface area (Å²) in [6, 6.07) is 1.48. The molecule has 1 saturated heterocycles. The van der Waals surface area contributed by atoms with Crippen LogP contribution in [0.5, 0.6) is 0 Å². The van der Waals surface area contributed by atoms with E-state index in [0.717, 1.165) is 11.3 Å². The minimum atomic E-state index is 0.377. The van der Waals surface area contributed by atoms with Crippen LogP contribution in [0.2, 0.25) is 0 Å². The Morgan fingerprint density at radius 1 is 1.17 bits per heavy atom. The predicted molar refractivity (Wildman–Crippen MR) is 82.4 cm³/mol. The highest BCUT2D eigenvalue weighted by atomic mass is 32.2. The van der Waals surface area contributed by atoms with Crippen LogP contribution >= 0.6 is 11.8 Å². The Bertz CT molecular complexity index is 262. The maximum atomic E-state index is 3.71. The van der Waals surface area contributed by atoms with Gasteiger partial charge in [0.1, 0.15) is 0 Å². The summed E-state index contributed by atoms with van der Waals surface area (Å²) in [6.07, 6.45) is 8.02. The van der Waals surface area contributed by atoms with Gasteiger partial charge in [-0.25, -0.2) is 0 Å². The first-order valence-corrected chi connectivity index (χ1v) is 8.81. The molecule has 2 aliphatic rings. The van der Waals surface area contributed by atoms with E-state index >= 15 is 0 Å². The van der Waals surface area contributed by atoms with Crippen LogP contribution in [0.25, 0.3) is 0 Å². The van der Waals surface area contributed by atoms with Gasteiger partial charge in [0, 0.05) is 37.0 Å². The van der Waals surface area contributed by atoms with Crippen molar-refractivity contribution >= 4 is 11.8 Å². The third-order valence-corrected chi connectivity index (χ3v) is 5.85. The minimum Gasteiger partial charge on any atom is -0.311 e. The van der Waals surface area contributed by atoms with Crippen molar-refractivity contribution in [2.75, 3.05) is 25.9 Å². The maximum absolute atomic E-state index is 3.71. The molecule has 0 radical (unpaired) electrons. The van der Waals surface area contributed by atoms with Gasteiger partial charge in [-0.3, -0.25) is 4.90 Å². The Labute approximate surface area is 117 Å². The quantitative estimate of drug-likeness (QED) is 0.830. The van der Waals surface area contributed by atoms with Crippen LogP contribution in [0.3, 0.4) is 0 Å². The van der Waals surface area contributed by atoms with E-state index in [0.29, 0.717) is 11.5 Å². The Morgan fingerprint density at radius 2 is 1.89 bits per heavy atom. The Hall–Kier alpha value is 0.270. The largest absolute Gasteiger partial charge is 0.311 e. The topological polar surface area (TPSA) is 15.3 Å². The molecular weight excluding hydrogens is 240 g/mol. The molecule has 0 bridgehead atoms. The Kier molecular flexibility index (Phi) is 5.01. The van der Waals surface area contributed by atoms with Gasteiger partial charge in [0.25, 0.3) is 0 Å². The van der Waals surface area contributed by atoms with Gasteiger partial charge in [0.2, 0.25) is 0 Å². The standard InChI is InChI=1S/C15H30N2S/c1-15(2,3)14-11-17(10-9-16-14)12-7-5-6-8-13(12)18-4/h12-14,16H,5-11H2,1-4H3. The summed E-state index contributed by atoms with van der Waals surface area (Å²) in [5, 5.41) is 4.59. The highest BCUT2D eigenvalue weighted by Crippen LogP contribution is 2.32. The molecule has 0 aromatic carbocycles. The first-order chi connectivity index (χ1) is 8.52. The summed E-state index contributed by atoms with van der Waals surface area (Å²) in [7, 11) is 0. The van der Waals surface area contributed by atoms with Crippen LogP contribution in [-0.4, -0.2) is 48.1 Å². The molecule has 1 saturated carbocycles. The second kappa shape index (κ2) is 6.15. The van der Waals surface area contributed by atoms with Crippen molar-refractivity contribution in [3.63, 3.8) is 0 Å². The molecule has 1 N–H and O–H groups in total. The fourth-order valence-electron chi connectivity index (χ4n) is 3.42. The lowest BCUT2D eigenvalue weighted by molar-refractivity contribution is 0.0834. The molecule has 1 aliphatic heterocycles. The second-order valence-electron chi connectivity index (χ2n) is 6.99. The molecule has 3 heteroatoms. The van der Waals surface area contributed by atoms with Crippen molar-refractivity contribution in [1.82, 2.24) is 10.2 Å². The molecule has 2 nitrogen and oxygen atoms in total. The maximum Gasteiger partial charge on any atom is 0.0244 e. The SMILES string of the molecule is CSC1CCCCC1N1CCNC(C(C)(C)C)C1. The second-order valence-corrected chi connectivity index (χ2v) is 8.07. The molecule has 2 fully saturated rings. The number of piperazine rings is 1. The number of rotatable bonds is 2. The van der Waals surface area contributed by atoms with E-state index in [2.05, 4.69) is 49.0 Å². The van der Waals surface area contributed by atoms with Gasteiger partial charge >= 0.3 is 0 Å². The van der Waals surface area contributed by atoms with Gasteiger partial charge in [0.15, 0.2) is 0 Å². The van der Waals surface area contributed by atoms with E-state index in [4.69, 9.17) is 0 Å².